The van der Waals surface area contributed by atoms with Crippen molar-refractivity contribution >= 4 is 0 Å². The van der Waals surface area contributed by atoms with E-state index in [4.69, 9.17) is 5.73 Å². The van der Waals surface area contributed by atoms with Gasteiger partial charge in [0.1, 0.15) is 0 Å². The molecule has 0 bridgehead atoms. The van der Waals surface area contributed by atoms with Crippen LogP contribution in [0.1, 0.15) is 112 Å². The first-order chi connectivity index (χ1) is 14.2. The highest BCUT2D eigenvalue weighted by Crippen LogP contribution is 2.67. The van der Waals surface area contributed by atoms with E-state index in [0.717, 1.165) is 41.4 Å². The van der Waals surface area contributed by atoms with Crippen molar-refractivity contribution in [3.63, 3.8) is 0 Å². The summed E-state index contributed by atoms with van der Waals surface area (Å²) in [5.74, 6) is 6.49. The molecule has 30 heavy (non-hydrogen) atoms. The lowest BCUT2D eigenvalue weighted by atomic mass is 9.47. The lowest BCUT2D eigenvalue weighted by Crippen LogP contribution is -2.51. The van der Waals surface area contributed by atoms with E-state index in [0.29, 0.717) is 16.9 Å². The third-order valence-corrected chi connectivity index (χ3v) is 11.4. The molecule has 9 atom stereocenters. The molecule has 0 aromatic rings. The Kier molecular flexibility index (Phi) is 6.53. The van der Waals surface area contributed by atoms with Gasteiger partial charge in [-0.25, -0.2) is 0 Å². The van der Waals surface area contributed by atoms with Crippen molar-refractivity contribution in [1.29, 1.82) is 0 Å². The van der Waals surface area contributed by atoms with E-state index >= 15 is 0 Å². The Morgan fingerprint density at radius 2 is 1.77 bits per heavy atom. The van der Waals surface area contributed by atoms with Crippen LogP contribution in [-0.4, -0.2) is 6.04 Å². The fourth-order valence-corrected chi connectivity index (χ4v) is 9.35. The minimum Gasteiger partial charge on any atom is -0.327 e. The molecule has 0 aromatic carbocycles. The van der Waals surface area contributed by atoms with Crippen LogP contribution in [0.2, 0.25) is 0 Å². The molecule has 3 saturated carbocycles. The van der Waals surface area contributed by atoms with Gasteiger partial charge in [-0.3, -0.25) is 0 Å². The Hall–Kier alpha value is -0.300. The smallest absolute Gasteiger partial charge is 0.00766 e. The van der Waals surface area contributed by atoms with Crippen LogP contribution in [0.15, 0.2) is 11.6 Å². The van der Waals surface area contributed by atoms with Gasteiger partial charge in [0.2, 0.25) is 0 Å². The molecule has 2 N–H and O–H groups in total. The van der Waals surface area contributed by atoms with Gasteiger partial charge in [-0.15, -0.1) is 0 Å². The number of hydrogen-bond donors (Lipinski definition) is 1. The first-order valence-corrected chi connectivity index (χ1v) is 13.7. The van der Waals surface area contributed by atoms with Gasteiger partial charge >= 0.3 is 0 Å². The molecule has 1 unspecified atom stereocenters. The first kappa shape index (κ1) is 22.9. The second-order valence-electron chi connectivity index (χ2n) is 13.0. The molecule has 0 aromatic heterocycles. The maximum atomic E-state index is 6.36. The summed E-state index contributed by atoms with van der Waals surface area (Å²) in [5.41, 5.74) is 9.18. The zero-order chi connectivity index (χ0) is 21.7. The van der Waals surface area contributed by atoms with Crippen molar-refractivity contribution in [2.75, 3.05) is 0 Å². The van der Waals surface area contributed by atoms with Crippen LogP contribution in [0, 0.1) is 52.3 Å². The van der Waals surface area contributed by atoms with Crippen LogP contribution >= 0.6 is 0 Å². The van der Waals surface area contributed by atoms with Crippen LogP contribution in [-0.2, 0) is 0 Å². The van der Waals surface area contributed by atoms with Gasteiger partial charge in [-0.1, -0.05) is 66.0 Å². The van der Waals surface area contributed by atoms with Gasteiger partial charge in [-0.05, 0) is 110 Å². The summed E-state index contributed by atoms with van der Waals surface area (Å²) in [7, 11) is 0. The quantitative estimate of drug-likeness (QED) is 0.439. The van der Waals surface area contributed by atoms with Crippen molar-refractivity contribution in [3.8, 4) is 0 Å². The van der Waals surface area contributed by atoms with E-state index in [1.54, 1.807) is 5.57 Å². The number of hydrogen-bond acceptors (Lipinski definition) is 1. The zero-order valence-corrected chi connectivity index (χ0v) is 21.1. The summed E-state index contributed by atoms with van der Waals surface area (Å²) >= 11 is 0. The fourth-order valence-electron chi connectivity index (χ4n) is 9.35. The molecular formula is C29H51N. The minimum absolute atomic E-state index is 0.421. The Bertz CT molecular complexity index is 634. The number of rotatable bonds is 6. The van der Waals surface area contributed by atoms with Gasteiger partial charge in [0.15, 0.2) is 0 Å². The molecule has 0 spiro atoms. The van der Waals surface area contributed by atoms with E-state index in [1.807, 2.05) is 0 Å². The van der Waals surface area contributed by atoms with Crippen molar-refractivity contribution < 1.29 is 0 Å². The summed E-state index contributed by atoms with van der Waals surface area (Å²) in [5, 5.41) is 0. The highest BCUT2D eigenvalue weighted by molar-refractivity contribution is 5.25. The third kappa shape index (κ3) is 3.74. The van der Waals surface area contributed by atoms with Gasteiger partial charge in [0, 0.05) is 6.04 Å². The van der Waals surface area contributed by atoms with E-state index in [2.05, 4.69) is 47.6 Å². The van der Waals surface area contributed by atoms with E-state index in [1.165, 1.54) is 70.6 Å². The molecule has 1 heteroatoms. The first-order valence-electron chi connectivity index (χ1n) is 13.7. The summed E-state index contributed by atoms with van der Waals surface area (Å²) < 4.78 is 0. The van der Waals surface area contributed by atoms with Crippen LogP contribution in [0.4, 0.5) is 0 Å². The second kappa shape index (κ2) is 8.57. The molecule has 0 heterocycles. The number of fused-ring (bicyclic) bond motifs is 5. The van der Waals surface area contributed by atoms with Crippen LogP contribution in [0.3, 0.4) is 0 Å². The standard InChI is InChI=1S/C29H51N/c1-7-21(19(2)3)9-8-20(4)25-12-13-26-24-11-10-22-18-23(30)14-16-28(22,5)27(24)15-17-29(25,26)6/h10,19-21,23-27H,7-9,11-18,30H2,1-6H3/t20-,21-,23?,24+,25-,26+,27+,28+,29-/m1/s1. The fraction of sp³-hybridized carbons (Fsp3) is 0.931. The molecule has 3 fully saturated rings. The monoisotopic (exact) mass is 413 g/mol. The Labute approximate surface area is 188 Å². The van der Waals surface area contributed by atoms with Gasteiger partial charge < -0.3 is 5.73 Å². The molecular weight excluding hydrogens is 362 g/mol. The zero-order valence-electron chi connectivity index (χ0n) is 21.1. The van der Waals surface area contributed by atoms with Gasteiger partial charge in [0.05, 0.1) is 0 Å². The minimum atomic E-state index is 0.421. The van der Waals surface area contributed by atoms with Crippen LogP contribution in [0.25, 0.3) is 0 Å². The predicted molar refractivity (Wildman–Crippen MR) is 130 cm³/mol. The van der Waals surface area contributed by atoms with E-state index in [-0.39, 0.29) is 0 Å². The molecule has 0 radical (unpaired) electrons. The third-order valence-electron chi connectivity index (χ3n) is 11.4. The molecule has 0 aliphatic heterocycles. The van der Waals surface area contributed by atoms with Crippen LogP contribution in [0.5, 0.6) is 0 Å². The van der Waals surface area contributed by atoms with E-state index in [9.17, 15) is 0 Å². The summed E-state index contributed by atoms with van der Waals surface area (Å²) in [4.78, 5) is 0. The summed E-state index contributed by atoms with van der Waals surface area (Å²) in [6.45, 7) is 15.2. The van der Waals surface area contributed by atoms with Crippen molar-refractivity contribution in [2.45, 2.75) is 118 Å². The summed E-state index contributed by atoms with van der Waals surface area (Å²) in [6, 6.07) is 0.421. The molecule has 4 aliphatic rings. The average molecular weight is 414 g/mol. The van der Waals surface area contributed by atoms with Gasteiger partial charge in [0.25, 0.3) is 0 Å². The Morgan fingerprint density at radius 1 is 1.00 bits per heavy atom. The molecule has 4 rings (SSSR count). The molecule has 4 aliphatic carbocycles. The van der Waals surface area contributed by atoms with E-state index < -0.39 is 0 Å². The largest absolute Gasteiger partial charge is 0.327 e. The van der Waals surface area contributed by atoms with Crippen molar-refractivity contribution in [2.24, 2.45) is 58.0 Å². The maximum Gasteiger partial charge on any atom is 0.00766 e. The average Bonchev–Trinajstić information content (AvgIpc) is 3.06. The lowest BCUT2D eigenvalue weighted by Gasteiger charge is -2.58. The number of nitrogens with two attached hydrogens (primary N) is 1. The topological polar surface area (TPSA) is 26.0 Å². The van der Waals surface area contributed by atoms with Crippen LogP contribution < -0.4 is 5.73 Å². The maximum absolute atomic E-state index is 6.36. The van der Waals surface area contributed by atoms with Crippen molar-refractivity contribution in [3.05, 3.63) is 11.6 Å². The molecule has 0 saturated heterocycles. The highest BCUT2D eigenvalue weighted by atomic mass is 14.7. The normalized spacial score (nSPS) is 45.3. The second-order valence-corrected chi connectivity index (χ2v) is 13.0. The Balaban J connectivity index is 1.47. The summed E-state index contributed by atoms with van der Waals surface area (Å²) in [6.07, 6.45) is 18.0. The molecule has 1 nitrogen and oxygen atoms in total. The predicted octanol–water partition coefficient (Wildman–Crippen LogP) is 7.99. The van der Waals surface area contributed by atoms with Gasteiger partial charge in [-0.2, -0.15) is 0 Å². The molecule has 172 valence electrons. The number of allylic oxidation sites excluding steroid dienone is 1. The Morgan fingerprint density at radius 3 is 2.47 bits per heavy atom. The van der Waals surface area contributed by atoms with Crippen molar-refractivity contribution in [1.82, 2.24) is 0 Å². The lowest BCUT2D eigenvalue weighted by molar-refractivity contribution is -0.0511. The SMILES string of the molecule is CC[C@H](CC[C@@H](C)[C@H]1CC[C@H]2[C@@H]3CC=C4CC(N)CC[C@]4(C)[C@H]3CC[C@]12C)C(C)C. The highest BCUT2D eigenvalue weighted by Gasteiger charge is 2.58. The molecule has 0 amide bonds.